The molecule has 2 aromatic rings. The summed E-state index contributed by atoms with van der Waals surface area (Å²) in [5.41, 5.74) is 4.34. The molecule has 0 fully saturated rings. The van der Waals surface area contributed by atoms with Gasteiger partial charge in [-0.2, -0.15) is 5.26 Å². The Labute approximate surface area is 113 Å². The Kier molecular flexibility index (Phi) is 3.96. The molecule has 0 spiro atoms. The third-order valence-corrected chi connectivity index (χ3v) is 2.75. The second-order valence-corrected chi connectivity index (χ2v) is 4.30. The van der Waals surface area contributed by atoms with E-state index in [-0.39, 0.29) is 0 Å². The summed E-state index contributed by atoms with van der Waals surface area (Å²) in [5, 5.41) is 8.99. The fourth-order valence-corrected chi connectivity index (χ4v) is 1.78. The molecule has 0 aliphatic carbocycles. The zero-order chi connectivity index (χ0) is 13.7. The van der Waals surface area contributed by atoms with Gasteiger partial charge in [0.2, 0.25) is 0 Å². The quantitative estimate of drug-likeness (QED) is 0.724. The SMILES string of the molecule is CCc1cc(C#N)cc(C#Cc2cccc(C)n2)c1. The lowest BCUT2D eigenvalue weighted by atomic mass is 10.0. The molecule has 0 atom stereocenters. The van der Waals surface area contributed by atoms with E-state index in [0.717, 1.165) is 28.9 Å². The second-order valence-electron chi connectivity index (χ2n) is 4.30. The topological polar surface area (TPSA) is 36.7 Å². The van der Waals surface area contributed by atoms with Crippen LogP contribution in [0, 0.1) is 30.1 Å². The minimum Gasteiger partial charge on any atom is -0.245 e. The van der Waals surface area contributed by atoms with Gasteiger partial charge in [0.1, 0.15) is 5.69 Å². The molecule has 1 heterocycles. The van der Waals surface area contributed by atoms with Crippen molar-refractivity contribution in [2.24, 2.45) is 0 Å². The summed E-state index contributed by atoms with van der Waals surface area (Å²) in [6.45, 7) is 4.01. The first-order valence-electron chi connectivity index (χ1n) is 6.21. The monoisotopic (exact) mass is 246 g/mol. The number of nitriles is 1. The van der Waals surface area contributed by atoms with Gasteiger partial charge in [-0.05, 0) is 55.2 Å². The summed E-state index contributed by atoms with van der Waals surface area (Å²) in [7, 11) is 0. The number of rotatable bonds is 1. The Bertz CT molecular complexity index is 697. The van der Waals surface area contributed by atoms with E-state index in [0.29, 0.717) is 5.56 Å². The van der Waals surface area contributed by atoms with Crippen molar-refractivity contribution >= 4 is 0 Å². The first-order chi connectivity index (χ1) is 9.21. The van der Waals surface area contributed by atoms with Gasteiger partial charge in [0.25, 0.3) is 0 Å². The normalized spacial score (nSPS) is 9.32. The first-order valence-corrected chi connectivity index (χ1v) is 6.21. The first kappa shape index (κ1) is 12.9. The summed E-state index contributed by atoms with van der Waals surface area (Å²) in [6.07, 6.45) is 0.896. The average molecular weight is 246 g/mol. The van der Waals surface area contributed by atoms with E-state index in [9.17, 15) is 0 Å². The Morgan fingerprint density at radius 2 is 1.89 bits per heavy atom. The van der Waals surface area contributed by atoms with Crippen LogP contribution < -0.4 is 0 Å². The van der Waals surface area contributed by atoms with E-state index in [1.54, 1.807) is 0 Å². The lowest BCUT2D eigenvalue weighted by Gasteiger charge is -1.99. The summed E-state index contributed by atoms with van der Waals surface area (Å²) in [4.78, 5) is 4.33. The number of pyridine rings is 1. The number of hydrogen-bond acceptors (Lipinski definition) is 2. The highest BCUT2D eigenvalue weighted by Crippen LogP contribution is 2.10. The second kappa shape index (κ2) is 5.85. The molecule has 1 aromatic carbocycles. The number of aromatic nitrogens is 1. The third-order valence-electron chi connectivity index (χ3n) is 2.75. The van der Waals surface area contributed by atoms with Crippen LogP contribution in [0.4, 0.5) is 0 Å². The molecule has 92 valence electrons. The number of nitrogens with zero attached hydrogens (tertiary/aromatic N) is 2. The maximum atomic E-state index is 8.99. The van der Waals surface area contributed by atoms with Crippen molar-refractivity contribution in [3.8, 4) is 17.9 Å². The van der Waals surface area contributed by atoms with Crippen LogP contribution in [0.15, 0.2) is 36.4 Å². The Hall–Kier alpha value is -2.58. The van der Waals surface area contributed by atoms with Gasteiger partial charge in [-0.3, -0.25) is 0 Å². The average Bonchev–Trinajstić information content (AvgIpc) is 2.44. The van der Waals surface area contributed by atoms with Gasteiger partial charge in [0, 0.05) is 11.3 Å². The molecule has 2 heteroatoms. The van der Waals surface area contributed by atoms with Crippen LogP contribution in [-0.4, -0.2) is 4.98 Å². The van der Waals surface area contributed by atoms with Crippen LogP contribution in [0.25, 0.3) is 0 Å². The predicted octanol–water partition coefficient (Wildman–Crippen LogP) is 3.22. The highest BCUT2D eigenvalue weighted by molar-refractivity contribution is 5.47. The summed E-state index contributed by atoms with van der Waals surface area (Å²) >= 11 is 0. The number of aryl methyl sites for hydroxylation is 2. The lowest BCUT2D eigenvalue weighted by molar-refractivity contribution is 1.13. The molecule has 0 aliphatic rings. The molecule has 0 saturated carbocycles. The fourth-order valence-electron chi connectivity index (χ4n) is 1.78. The minimum atomic E-state index is 0.654. The van der Waals surface area contributed by atoms with Gasteiger partial charge < -0.3 is 0 Å². The van der Waals surface area contributed by atoms with Crippen LogP contribution in [0.2, 0.25) is 0 Å². The Morgan fingerprint density at radius 1 is 1.11 bits per heavy atom. The summed E-state index contributed by atoms with van der Waals surface area (Å²) in [5.74, 6) is 6.11. The van der Waals surface area contributed by atoms with Gasteiger partial charge >= 0.3 is 0 Å². The third kappa shape index (κ3) is 3.44. The maximum Gasteiger partial charge on any atom is 0.113 e. The van der Waals surface area contributed by atoms with Crippen LogP contribution >= 0.6 is 0 Å². The summed E-state index contributed by atoms with van der Waals surface area (Å²) in [6, 6.07) is 13.7. The standard InChI is InChI=1S/C17H14N2/c1-3-14-9-15(11-16(10-14)12-18)7-8-17-6-4-5-13(2)19-17/h4-6,9-11H,3H2,1-2H3. The molecule has 1 aromatic heterocycles. The van der Waals surface area contributed by atoms with Crippen LogP contribution in [-0.2, 0) is 6.42 Å². The van der Waals surface area contributed by atoms with Crippen LogP contribution in [0.3, 0.4) is 0 Å². The molecule has 0 unspecified atom stereocenters. The van der Waals surface area contributed by atoms with Crippen LogP contribution in [0.5, 0.6) is 0 Å². The Morgan fingerprint density at radius 3 is 2.58 bits per heavy atom. The molecule has 0 N–H and O–H groups in total. The van der Waals surface area contributed by atoms with Gasteiger partial charge in [-0.15, -0.1) is 0 Å². The van der Waals surface area contributed by atoms with Crippen molar-refractivity contribution in [1.29, 1.82) is 5.26 Å². The van der Waals surface area contributed by atoms with Gasteiger partial charge in [-0.25, -0.2) is 4.98 Å². The molecule has 0 amide bonds. The minimum absolute atomic E-state index is 0.654. The van der Waals surface area contributed by atoms with Crippen molar-refractivity contribution in [1.82, 2.24) is 4.98 Å². The van der Waals surface area contributed by atoms with E-state index in [4.69, 9.17) is 5.26 Å². The van der Waals surface area contributed by atoms with Gasteiger partial charge in [0.05, 0.1) is 11.6 Å². The van der Waals surface area contributed by atoms with E-state index in [1.807, 2.05) is 43.3 Å². The Balaban J connectivity index is 2.37. The largest absolute Gasteiger partial charge is 0.245 e. The van der Waals surface area contributed by atoms with Gasteiger partial charge in [0.15, 0.2) is 0 Å². The van der Waals surface area contributed by atoms with E-state index in [1.165, 1.54) is 0 Å². The predicted molar refractivity (Wildman–Crippen MR) is 75.5 cm³/mol. The molecular weight excluding hydrogens is 232 g/mol. The molecular formula is C17H14N2. The molecule has 2 nitrogen and oxygen atoms in total. The number of benzene rings is 1. The molecule has 2 rings (SSSR count). The lowest BCUT2D eigenvalue weighted by Crippen LogP contribution is -1.88. The molecule has 0 saturated heterocycles. The highest BCUT2D eigenvalue weighted by atomic mass is 14.7. The number of hydrogen-bond donors (Lipinski definition) is 0. The van der Waals surface area contributed by atoms with E-state index in [2.05, 4.69) is 29.8 Å². The van der Waals surface area contributed by atoms with Crippen molar-refractivity contribution in [2.75, 3.05) is 0 Å². The molecule has 0 aliphatic heterocycles. The molecule has 19 heavy (non-hydrogen) atoms. The van der Waals surface area contributed by atoms with Gasteiger partial charge in [-0.1, -0.05) is 18.9 Å². The maximum absolute atomic E-state index is 8.99. The zero-order valence-electron chi connectivity index (χ0n) is 11.1. The van der Waals surface area contributed by atoms with E-state index >= 15 is 0 Å². The van der Waals surface area contributed by atoms with Crippen molar-refractivity contribution in [3.05, 3.63) is 64.5 Å². The smallest absolute Gasteiger partial charge is 0.113 e. The van der Waals surface area contributed by atoms with Crippen molar-refractivity contribution < 1.29 is 0 Å². The zero-order valence-corrected chi connectivity index (χ0v) is 11.1. The van der Waals surface area contributed by atoms with Crippen molar-refractivity contribution in [2.45, 2.75) is 20.3 Å². The summed E-state index contributed by atoms with van der Waals surface area (Å²) < 4.78 is 0. The van der Waals surface area contributed by atoms with Crippen LogP contribution in [0.1, 0.15) is 35.0 Å². The van der Waals surface area contributed by atoms with Crippen molar-refractivity contribution in [3.63, 3.8) is 0 Å². The fraction of sp³-hybridized carbons (Fsp3) is 0.176. The van der Waals surface area contributed by atoms with E-state index < -0.39 is 0 Å². The molecule has 0 radical (unpaired) electrons. The molecule has 0 bridgehead atoms. The highest BCUT2D eigenvalue weighted by Gasteiger charge is 1.97.